The number of ether oxygens (including phenoxy) is 2. The van der Waals surface area contributed by atoms with Gasteiger partial charge < -0.3 is 14.8 Å². The summed E-state index contributed by atoms with van der Waals surface area (Å²) in [5, 5.41) is 3.60. The van der Waals surface area contributed by atoms with E-state index in [0.29, 0.717) is 6.04 Å². The molecule has 1 aromatic carbocycles. The van der Waals surface area contributed by atoms with Crippen LogP contribution in [0.2, 0.25) is 0 Å². The average Bonchev–Trinajstić information content (AvgIpc) is 2.54. The number of methoxy groups -OCH3 is 2. The molecule has 0 aliphatic carbocycles. The molecule has 1 saturated heterocycles. The SMILES string of the molecule is C=C(C)CSc1cc(OC)c(CC2CCCCN2)cc1OC. The molecule has 1 unspecified atom stereocenters. The zero-order valence-corrected chi connectivity index (χ0v) is 14.7. The Bertz CT molecular complexity index is 510. The van der Waals surface area contributed by atoms with E-state index in [1.807, 2.05) is 6.92 Å². The van der Waals surface area contributed by atoms with Crippen LogP contribution in [0.5, 0.6) is 11.5 Å². The minimum absolute atomic E-state index is 0.543. The standard InChI is InChI=1S/C18H27NO2S/c1-13(2)12-22-18-11-16(20-3)14(10-17(18)21-4)9-15-7-5-6-8-19-15/h10-11,15,19H,1,5-9,12H2,2-4H3. The molecule has 0 saturated carbocycles. The van der Waals surface area contributed by atoms with Crippen molar-refractivity contribution in [1.29, 1.82) is 0 Å². The number of thioether (sulfide) groups is 1. The molecule has 122 valence electrons. The Morgan fingerprint density at radius 2 is 2.05 bits per heavy atom. The van der Waals surface area contributed by atoms with Crippen molar-refractivity contribution >= 4 is 11.8 Å². The van der Waals surface area contributed by atoms with Crippen molar-refractivity contribution in [2.75, 3.05) is 26.5 Å². The Kier molecular flexibility index (Phi) is 6.65. The van der Waals surface area contributed by atoms with E-state index in [9.17, 15) is 0 Å². The van der Waals surface area contributed by atoms with Crippen LogP contribution in [0.25, 0.3) is 0 Å². The summed E-state index contributed by atoms with van der Waals surface area (Å²) in [6, 6.07) is 4.78. The number of hydrogen-bond donors (Lipinski definition) is 1. The van der Waals surface area contributed by atoms with Gasteiger partial charge in [-0.1, -0.05) is 18.6 Å². The molecule has 22 heavy (non-hydrogen) atoms. The Morgan fingerprint density at radius 1 is 1.27 bits per heavy atom. The van der Waals surface area contributed by atoms with E-state index < -0.39 is 0 Å². The summed E-state index contributed by atoms with van der Waals surface area (Å²) in [5.41, 5.74) is 2.37. The van der Waals surface area contributed by atoms with Crippen LogP contribution in [-0.4, -0.2) is 32.6 Å². The van der Waals surface area contributed by atoms with Gasteiger partial charge in [0.25, 0.3) is 0 Å². The number of rotatable bonds is 7. The molecule has 1 aliphatic heterocycles. The van der Waals surface area contributed by atoms with E-state index in [2.05, 4.69) is 24.0 Å². The summed E-state index contributed by atoms with van der Waals surface area (Å²) in [6.07, 6.45) is 4.82. The zero-order chi connectivity index (χ0) is 15.9. The van der Waals surface area contributed by atoms with E-state index in [1.54, 1.807) is 26.0 Å². The monoisotopic (exact) mass is 321 g/mol. The van der Waals surface area contributed by atoms with E-state index >= 15 is 0 Å². The predicted octanol–water partition coefficient (Wildman–Crippen LogP) is 4.06. The van der Waals surface area contributed by atoms with Crippen LogP contribution in [0.3, 0.4) is 0 Å². The van der Waals surface area contributed by atoms with Gasteiger partial charge in [0.2, 0.25) is 0 Å². The van der Waals surface area contributed by atoms with E-state index in [0.717, 1.165) is 40.7 Å². The molecule has 1 aromatic rings. The van der Waals surface area contributed by atoms with Crippen LogP contribution >= 0.6 is 11.8 Å². The number of benzene rings is 1. The maximum atomic E-state index is 5.61. The van der Waals surface area contributed by atoms with Crippen molar-refractivity contribution in [2.24, 2.45) is 0 Å². The number of hydrogen-bond acceptors (Lipinski definition) is 4. The molecule has 1 N–H and O–H groups in total. The van der Waals surface area contributed by atoms with Gasteiger partial charge in [-0.15, -0.1) is 11.8 Å². The van der Waals surface area contributed by atoms with Gasteiger partial charge in [-0.2, -0.15) is 0 Å². The quantitative estimate of drug-likeness (QED) is 0.606. The first kappa shape index (κ1) is 17.2. The first-order valence-corrected chi connectivity index (χ1v) is 8.88. The van der Waals surface area contributed by atoms with E-state index in [1.165, 1.54) is 24.8 Å². The molecule has 2 rings (SSSR count). The summed E-state index contributed by atoms with van der Waals surface area (Å²) in [7, 11) is 3.47. The van der Waals surface area contributed by atoms with Gasteiger partial charge in [0, 0.05) is 11.8 Å². The lowest BCUT2D eigenvalue weighted by Crippen LogP contribution is -2.35. The molecule has 1 aliphatic rings. The van der Waals surface area contributed by atoms with Crippen LogP contribution in [0, 0.1) is 0 Å². The van der Waals surface area contributed by atoms with Gasteiger partial charge in [-0.05, 0) is 50.4 Å². The third-order valence-electron chi connectivity index (χ3n) is 3.92. The second-order valence-corrected chi connectivity index (χ2v) is 6.93. The number of nitrogens with one attached hydrogen (secondary N) is 1. The Labute approximate surface area is 138 Å². The fourth-order valence-corrected chi connectivity index (χ4v) is 3.65. The van der Waals surface area contributed by atoms with Crippen LogP contribution in [0.15, 0.2) is 29.2 Å². The second-order valence-electron chi connectivity index (χ2n) is 5.91. The van der Waals surface area contributed by atoms with Gasteiger partial charge in [-0.3, -0.25) is 0 Å². The molecule has 1 fully saturated rings. The fourth-order valence-electron chi connectivity index (χ4n) is 2.77. The van der Waals surface area contributed by atoms with Crippen LogP contribution in [0.4, 0.5) is 0 Å². The lowest BCUT2D eigenvalue weighted by molar-refractivity contribution is 0.373. The first-order valence-electron chi connectivity index (χ1n) is 7.89. The molecule has 0 bridgehead atoms. The molecule has 0 spiro atoms. The fraction of sp³-hybridized carbons (Fsp3) is 0.556. The summed E-state index contributed by atoms with van der Waals surface area (Å²) in [5.74, 6) is 2.78. The summed E-state index contributed by atoms with van der Waals surface area (Å²) >= 11 is 1.74. The molecular weight excluding hydrogens is 294 g/mol. The van der Waals surface area contributed by atoms with Crippen LogP contribution in [-0.2, 0) is 6.42 Å². The molecule has 0 amide bonds. The first-order chi connectivity index (χ1) is 10.6. The zero-order valence-electron chi connectivity index (χ0n) is 13.9. The topological polar surface area (TPSA) is 30.5 Å². The third-order valence-corrected chi connectivity index (χ3v) is 5.19. The molecule has 1 heterocycles. The van der Waals surface area contributed by atoms with Gasteiger partial charge in [0.1, 0.15) is 11.5 Å². The van der Waals surface area contributed by atoms with Crippen molar-refractivity contribution in [3.05, 3.63) is 29.8 Å². The van der Waals surface area contributed by atoms with Crippen molar-refractivity contribution < 1.29 is 9.47 Å². The Morgan fingerprint density at radius 3 is 2.64 bits per heavy atom. The van der Waals surface area contributed by atoms with Crippen LogP contribution in [0.1, 0.15) is 31.7 Å². The smallest absolute Gasteiger partial charge is 0.132 e. The summed E-state index contributed by atoms with van der Waals surface area (Å²) < 4.78 is 11.2. The van der Waals surface area contributed by atoms with Crippen molar-refractivity contribution in [3.63, 3.8) is 0 Å². The van der Waals surface area contributed by atoms with Gasteiger partial charge in [0.05, 0.1) is 19.1 Å². The van der Waals surface area contributed by atoms with Gasteiger partial charge >= 0.3 is 0 Å². The normalized spacial score (nSPS) is 18.0. The molecule has 3 nitrogen and oxygen atoms in total. The van der Waals surface area contributed by atoms with Gasteiger partial charge in [-0.25, -0.2) is 0 Å². The average molecular weight is 321 g/mol. The highest BCUT2D eigenvalue weighted by molar-refractivity contribution is 7.99. The highest BCUT2D eigenvalue weighted by atomic mass is 32.2. The minimum atomic E-state index is 0.543. The Hall–Kier alpha value is -1.13. The third kappa shape index (κ3) is 4.68. The number of piperidine rings is 1. The van der Waals surface area contributed by atoms with Crippen molar-refractivity contribution in [3.8, 4) is 11.5 Å². The molecular formula is C18H27NO2S. The highest BCUT2D eigenvalue weighted by Crippen LogP contribution is 2.37. The minimum Gasteiger partial charge on any atom is -0.496 e. The summed E-state index contributed by atoms with van der Waals surface area (Å²) in [6.45, 7) is 7.13. The maximum absolute atomic E-state index is 5.61. The lowest BCUT2D eigenvalue weighted by atomic mass is 9.97. The summed E-state index contributed by atoms with van der Waals surface area (Å²) in [4.78, 5) is 1.11. The van der Waals surface area contributed by atoms with Crippen molar-refractivity contribution in [2.45, 2.75) is 43.5 Å². The van der Waals surface area contributed by atoms with Gasteiger partial charge in [0.15, 0.2) is 0 Å². The Balaban J connectivity index is 2.19. The van der Waals surface area contributed by atoms with Crippen LogP contribution < -0.4 is 14.8 Å². The van der Waals surface area contributed by atoms with E-state index in [-0.39, 0.29) is 0 Å². The largest absolute Gasteiger partial charge is 0.496 e. The molecule has 4 heteroatoms. The molecule has 0 aromatic heterocycles. The molecule has 1 atom stereocenters. The molecule has 0 radical (unpaired) electrons. The highest BCUT2D eigenvalue weighted by Gasteiger charge is 2.18. The lowest BCUT2D eigenvalue weighted by Gasteiger charge is -2.24. The second kappa shape index (κ2) is 8.49. The predicted molar refractivity (Wildman–Crippen MR) is 94.4 cm³/mol. The van der Waals surface area contributed by atoms with Crippen molar-refractivity contribution in [1.82, 2.24) is 5.32 Å². The van der Waals surface area contributed by atoms with E-state index in [4.69, 9.17) is 9.47 Å². The maximum Gasteiger partial charge on any atom is 0.132 e.